The van der Waals surface area contributed by atoms with E-state index in [4.69, 9.17) is 0 Å². The monoisotopic (exact) mass is 266 g/mol. The van der Waals surface area contributed by atoms with Crippen LogP contribution in [0.3, 0.4) is 0 Å². The number of nitrogens with zero attached hydrogens (tertiary/aromatic N) is 4. The molecule has 2 aromatic heterocycles. The third-order valence-electron chi connectivity index (χ3n) is 2.97. The molecule has 3 heterocycles. The molecule has 2 N–H and O–H groups in total. The fraction of sp³-hybridized carbons (Fsp3) is 0.500. The van der Waals surface area contributed by atoms with E-state index in [0.717, 1.165) is 24.4 Å². The van der Waals surface area contributed by atoms with Crippen molar-refractivity contribution in [1.29, 1.82) is 0 Å². The highest BCUT2D eigenvalue weighted by Crippen LogP contribution is 2.23. The van der Waals surface area contributed by atoms with E-state index in [1.54, 1.807) is 13.4 Å². The number of imidazole rings is 1. The molecule has 0 saturated carbocycles. The van der Waals surface area contributed by atoms with Crippen molar-refractivity contribution in [2.45, 2.75) is 0 Å². The van der Waals surface area contributed by atoms with Gasteiger partial charge in [-0.2, -0.15) is 9.97 Å². The topological polar surface area (TPSA) is 86.8 Å². The zero-order valence-corrected chi connectivity index (χ0v) is 10.8. The minimum Gasteiger partial charge on any atom is -0.357 e. The minimum absolute atomic E-state index is 0.552. The summed E-state index contributed by atoms with van der Waals surface area (Å²) >= 11 is 0. The third-order valence-corrected chi connectivity index (χ3v) is 4.24. The number of aromatic amines is 1. The van der Waals surface area contributed by atoms with Gasteiger partial charge in [0.2, 0.25) is 5.95 Å². The SMILES string of the molecule is CNc1nc(N2CCS(=O)CC2)c2[nH]cnc2n1. The number of nitrogens with one attached hydrogen (secondary N) is 2. The Bertz CT molecular complexity index is 587. The van der Waals surface area contributed by atoms with Crippen molar-refractivity contribution in [2.24, 2.45) is 0 Å². The normalized spacial score (nSPS) is 17.3. The number of H-pyrrole nitrogens is 1. The zero-order valence-electron chi connectivity index (χ0n) is 10.0. The van der Waals surface area contributed by atoms with Crippen LogP contribution in [0.5, 0.6) is 0 Å². The van der Waals surface area contributed by atoms with Gasteiger partial charge in [-0.3, -0.25) is 4.21 Å². The molecule has 96 valence electrons. The average molecular weight is 266 g/mol. The second-order valence-corrected chi connectivity index (χ2v) is 5.75. The van der Waals surface area contributed by atoms with Crippen molar-refractivity contribution in [3.63, 3.8) is 0 Å². The number of aromatic nitrogens is 4. The Morgan fingerprint density at radius 3 is 2.89 bits per heavy atom. The average Bonchev–Trinajstić information content (AvgIpc) is 2.86. The maximum Gasteiger partial charge on any atom is 0.226 e. The van der Waals surface area contributed by atoms with Gasteiger partial charge in [-0.25, -0.2) is 4.98 Å². The van der Waals surface area contributed by atoms with Gasteiger partial charge in [-0.1, -0.05) is 0 Å². The van der Waals surface area contributed by atoms with Gasteiger partial charge in [-0.05, 0) is 0 Å². The molecule has 1 fully saturated rings. The van der Waals surface area contributed by atoms with Crippen LogP contribution in [-0.4, -0.2) is 55.8 Å². The van der Waals surface area contributed by atoms with Crippen LogP contribution in [-0.2, 0) is 10.8 Å². The zero-order chi connectivity index (χ0) is 12.5. The lowest BCUT2D eigenvalue weighted by atomic mass is 10.4. The van der Waals surface area contributed by atoms with Crippen LogP contribution in [0.1, 0.15) is 0 Å². The largest absolute Gasteiger partial charge is 0.357 e. The minimum atomic E-state index is -0.692. The summed E-state index contributed by atoms with van der Waals surface area (Å²) in [4.78, 5) is 18.1. The first-order valence-corrected chi connectivity index (χ1v) is 7.25. The van der Waals surface area contributed by atoms with Gasteiger partial charge in [0.15, 0.2) is 11.5 Å². The summed E-state index contributed by atoms with van der Waals surface area (Å²) in [6.45, 7) is 1.50. The molecule has 7 nitrogen and oxygen atoms in total. The molecule has 8 heteroatoms. The molecule has 2 aromatic rings. The predicted molar refractivity (Wildman–Crippen MR) is 71.3 cm³/mol. The van der Waals surface area contributed by atoms with Gasteiger partial charge in [-0.15, -0.1) is 0 Å². The highest BCUT2D eigenvalue weighted by Gasteiger charge is 2.20. The van der Waals surface area contributed by atoms with Crippen LogP contribution < -0.4 is 10.2 Å². The molecular formula is C10H14N6OS. The van der Waals surface area contributed by atoms with Crippen LogP contribution in [0.15, 0.2) is 6.33 Å². The second-order valence-electron chi connectivity index (χ2n) is 4.06. The molecule has 0 aliphatic carbocycles. The Labute approximate surface area is 106 Å². The van der Waals surface area contributed by atoms with Gasteiger partial charge < -0.3 is 15.2 Å². The second kappa shape index (κ2) is 4.52. The van der Waals surface area contributed by atoms with Gasteiger partial charge in [0.05, 0.1) is 6.33 Å². The van der Waals surface area contributed by atoms with E-state index >= 15 is 0 Å². The Kier molecular flexibility index (Phi) is 2.86. The van der Waals surface area contributed by atoms with Crippen molar-refractivity contribution in [1.82, 2.24) is 19.9 Å². The van der Waals surface area contributed by atoms with Crippen LogP contribution in [0.2, 0.25) is 0 Å². The molecule has 3 rings (SSSR count). The molecule has 18 heavy (non-hydrogen) atoms. The van der Waals surface area contributed by atoms with Crippen LogP contribution in [0.25, 0.3) is 11.2 Å². The molecule has 1 aliphatic rings. The quantitative estimate of drug-likeness (QED) is 0.793. The number of hydrogen-bond donors (Lipinski definition) is 2. The highest BCUT2D eigenvalue weighted by molar-refractivity contribution is 7.85. The standard InChI is InChI=1S/C10H14N6OS/c1-11-10-14-8-7(12-6-13-8)9(15-10)16-2-4-18(17)5-3-16/h6H,2-5H2,1H3,(H2,11,12,13,14,15). The van der Waals surface area contributed by atoms with Crippen LogP contribution in [0.4, 0.5) is 11.8 Å². The number of rotatable bonds is 2. The van der Waals surface area contributed by atoms with E-state index < -0.39 is 10.8 Å². The predicted octanol–water partition coefficient (Wildman–Crippen LogP) is -0.0367. The Morgan fingerprint density at radius 1 is 1.39 bits per heavy atom. The molecule has 0 spiro atoms. The van der Waals surface area contributed by atoms with E-state index in [-0.39, 0.29) is 0 Å². The van der Waals surface area contributed by atoms with Crippen molar-refractivity contribution in [3.05, 3.63) is 6.33 Å². The summed E-state index contributed by atoms with van der Waals surface area (Å²) in [5.74, 6) is 2.76. The lowest BCUT2D eigenvalue weighted by Gasteiger charge is -2.27. The maximum atomic E-state index is 11.4. The fourth-order valence-corrected chi connectivity index (χ4v) is 3.06. The van der Waals surface area contributed by atoms with Crippen molar-refractivity contribution >= 4 is 33.7 Å². The summed E-state index contributed by atoms with van der Waals surface area (Å²) in [6.07, 6.45) is 1.62. The van der Waals surface area contributed by atoms with Crippen LogP contribution in [0, 0.1) is 0 Å². The Balaban J connectivity index is 2.03. The van der Waals surface area contributed by atoms with Gasteiger partial charge in [0.1, 0.15) is 5.52 Å². The number of anilines is 2. The van der Waals surface area contributed by atoms with Crippen molar-refractivity contribution in [2.75, 3.05) is 41.9 Å². The van der Waals surface area contributed by atoms with E-state index in [2.05, 4.69) is 30.2 Å². The summed E-state index contributed by atoms with van der Waals surface area (Å²) in [6, 6.07) is 0. The smallest absolute Gasteiger partial charge is 0.226 e. The third kappa shape index (κ3) is 1.92. The van der Waals surface area contributed by atoms with Crippen molar-refractivity contribution in [3.8, 4) is 0 Å². The summed E-state index contributed by atoms with van der Waals surface area (Å²) in [5, 5.41) is 2.93. The van der Waals surface area contributed by atoms with Crippen molar-refractivity contribution < 1.29 is 4.21 Å². The lowest BCUT2D eigenvalue weighted by Crippen LogP contribution is -2.38. The number of hydrogen-bond acceptors (Lipinski definition) is 6. The lowest BCUT2D eigenvalue weighted by molar-refractivity contribution is 0.672. The molecule has 0 bridgehead atoms. The summed E-state index contributed by atoms with van der Waals surface area (Å²) < 4.78 is 11.4. The molecule has 0 amide bonds. The summed E-state index contributed by atoms with van der Waals surface area (Å²) in [7, 11) is 1.09. The summed E-state index contributed by atoms with van der Waals surface area (Å²) in [5.41, 5.74) is 1.48. The van der Waals surface area contributed by atoms with E-state index in [9.17, 15) is 4.21 Å². The van der Waals surface area contributed by atoms with Gasteiger partial charge in [0.25, 0.3) is 0 Å². The van der Waals surface area contributed by atoms with E-state index in [1.807, 2.05) is 0 Å². The van der Waals surface area contributed by atoms with Gasteiger partial charge in [0, 0.05) is 42.4 Å². The number of fused-ring (bicyclic) bond motifs is 1. The van der Waals surface area contributed by atoms with E-state index in [1.165, 1.54) is 0 Å². The molecule has 0 aromatic carbocycles. The van der Waals surface area contributed by atoms with Gasteiger partial charge >= 0.3 is 0 Å². The molecular weight excluding hydrogens is 252 g/mol. The Hall–Kier alpha value is -1.70. The van der Waals surface area contributed by atoms with Crippen LogP contribution >= 0.6 is 0 Å². The van der Waals surface area contributed by atoms with E-state index in [0.29, 0.717) is 23.1 Å². The molecule has 0 atom stereocenters. The molecule has 1 saturated heterocycles. The molecule has 0 unspecified atom stereocenters. The first-order valence-electron chi connectivity index (χ1n) is 5.76. The first kappa shape index (κ1) is 11.4. The molecule has 1 aliphatic heterocycles. The maximum absolute atomic E-state index is 11.4. The molecule has 0 radical (unpaired) electrons. The first-order chi connectivity index (χ1) is 8.78. The Morgan fingerprint density at radius 2 is 2.17 bits per heavy atom. The highest BCUT2D eigenvalue weighted by atomic mass is 32.2. The fourth-order valence-electron chi connectivity index (χ4n) is 2.01.